The van der Waals surface area contributed by atoms with Crippen molar-refractivity contribution in [3.63, 3.8) is 0 Å². The Hall–Kier alpha value is -2.95. The molecule has 0 aliphatic carbocycles. The van der Waals surface area contributed by atoms with E-state index in [1.807, 2.05) is 19.9 Å². The van der Waals surface area contributed by atoms with Crippen LogP contribution in [0, 0.1) is 25.5 Å². The third-order valence-electron chi connectivity index (χ3n) is 3.32. The van der Waals surface area contributed by atoms with E-state index in [0.717, 1.165) is 41.3 Å². The summed E-state index contributed by atoms with van der Waals surface area (Å²) in [6.07, 6.45) is 0. The number of amides is 1. The predicted octanol–water partition coefficient (Wildman–Crippen LogP) is 1.80. The third-order valence-corrected chi connectivity index (χ3v) is 4.27. The van der Waals surface area contributed by atoms with Crippen LogP contribution in [-0.4, -0.2) is 36.3 Å². The van der Waals surface area contributed by atoms with Gasteiger partial charge in [-0.25, -0.2) is 18.1 Å². The molecule has 2 heterocycles. The lowest BCUT2D eigenvalue weighted by atomic mass is 10.3. The second-order valence-corrected chi connectivity index (χ2v) is 6.43. The molecule has 0 unspecified atom stereocenters. The predicted molar refractivity (Wildman–Crippen MR) is 92.5 cm³/mol. The van der Waals surface area contributed by atoms with Crippen LogP contribution >= 0.6 is 11.8 Å². The molecule has 26 heavy (non-hydrogen) atoms. The number of rotatable bonds is 5. The molecule has 1 aromatic carbocycles. The minimum Gasteiger partial charge on any atom is -0.334 e. The summed E-state index contributed by atoms with van der Waals surface area (Å²) in [7, 11) is 0. The van der Waals surface area contributed by atoms with Gasteiger partial charge >= 0.3 is 0 Å². The Bertz CT molecular complexity index is 949. The average Bonchev–Trinajstić information content (AvgIpc) is 3.06. The SMILES string of the molecule is Cc1cc(C)n(-c2nnc(SCC(=O)Nc3cc(F)cc(F)c3)n2N)n1. The Balaban J connectivity index is 1.66. The van der Waals surface area contributed by atoms with E-state index in [4.69, 9.17) is 5.84 Å². The van der Waals surface area contributed by atoms with Crippen molar-refractivity contribution in [2.75, 3.05) is 16.9 Å². The number of benzene rings is 1. The van der Waals surface area contributed by atoms with Gasteiger partial charge in [-0.3, -0.25) is 4.79 Å². The number of nitrogens with zero attached hydrogens (tertiary/aromatic N) is 5. The molecule has 0 aliphatic heterocycles. The van der Waals surface area contributed by atoms with Gasteiger partial charge in [0.2, 0.25) is 11.1 Å². The van der Waals surface area contributed by atoms with Crippen LogP contribution in [0.4, 0.5) is 14.5 Å². The molecule has 8 nitrogen and oxygen atoms in total. The molecule has 0 saturated carbocycles. The minimum absolute atomic E-state index is 0.0330. The van der Waals surface area contributed by atoms with E-state index in [0.29, 0.717) is 11.1 Å². The Morgan fingerprint density at radius 2 is 1.88 bits per heavy atom. The number of aromatic nitrogens is 5. The quantitative estimate of drug-likeness (QED) is 0.518. The van der Waals surface area contributed by atoms with Gasteiger partial charge in [-0.1, -0.05) is 11.8 Å². The first-order valence-electron chi connectivity index (χ1n) is 7.46. The summed E-state index contributed by atoms with van der Waals surface area (Å²) in [4.78, 5) is 12.0. The summed E-state index contributed by atoms with van der Waals surface area (Å²) in [5.74, 6) is 4.21. The number of halogens is 2. The topological polar surface area (TPSA) is 104 Å². The first kappa shape index (κ1) is 17.9. The highest BCUT2D eigenvalue weighted by molar-refractivity contribution is 7.99. The summed E-state index contributed by atoms with van der Waals surface area (Å²) in [5, 5.41) is 14.9. The van der Waals surface area contributed by atoms with E-state index < -0.39 is 17.5 Å². The molecule has 2 aromatic heterocycles. The number of nitrogens with one attached hydrogen (secondary N) is 1. The number of hydrogen-bond acceptors (Lipinski definition) is 6. The molecule has 0 fully saturated rings. The number of carbonyl (C=O) groups excluding carboxylic acids is 1. The van der Waals surface area contributed by atoms with Gasteiger partial charge in [0.25, 0.3) is 5.95 Å². The van der Waals surface area contributed by atoms with Crippen LogP contribution in [0.3, 0.4) is 0 Å². The van der Waals surface area contributed by atoms with Gasteiger partial charge in [0, 0.05) is 17.4 Å². The van der Waals surface area contributed by atoms with Crippen LogP contribution in [0.15, 0.2) is 29.4 Å². The Morgan fingerprint density at radius 1 is 1.19 bits per heavy atom. The van der Waals surface area contributed by atoms with Crippen LogP contribution in [0.2, 0.25) is 0 Å². The molecule has 3 rings (SSSR count). The van der Waals surface area contributed by atoms with Gasteiger partial charge in [0.1, 0.15) is 11.6 Å². The fourth-order valence-corrected chi connectivity index (χ4v) is 2.95. The number of hydrogen-bond donors (Lipinski definition) is 2. The fraction of sp³-hybridized carbons (Fsp3) is 0.200. The second-order valence-electron chi connectivity index (χ2n) is 5.49. The molecule has 0 atom stereocenters. The zero-order valence-electron chi connectivity index (χ0n) is 13.9. The smallest absolute Gasteiger partial charge is 0.271 e. The van der Waals surface area contributed by atoms with Crippen molar-refractivity contribution in [1.29, 1.82) is 0 Å². The molecule has 1 amide bonds. The zero-order valence-corrected chi connectivity index (χ0v) is 14.7. The molecule has 0 spiro atoms. The van der Waals surface area contributed by atoms with Crippen molar-refractivity contribution in [2.24, 2.45) is 0 Å². The van der Waals surface area contributed by atoms with Crippen LogP contribution in [0.5, 0.6) is 0 Å². The summed E-state index contributed by atoms with van der Waals surface area (Å²) >= 11 is 1.03. The van der Waals surface area contributed by atoms with Crippen LogP contribution < -0.4 is 11.2 Å². The van der Waals surface area contributed by atoms with Crippen LogP contribution in [0.1, 0.15) is 11.4 Å². The summed E-state index contributed by atoms with van der Waals surface area (Å²) < 4.78 is 29.0. The van der Waals surface area contributed by atoms with Gasteiger partial charge in [0.15, 0.2) is 0 Å². The normalized spacial score (nSPS) is 10.9. The maximum absolute atomic E-state index is 13.1. The van der Waals surface area contributed by atoms with Crippen LogP contribution in [0.25, 0.3) is 5.95 Å². The lowest BCUT2D eigenvalue weighted by Crippen LogP contribution is -2.19. The van der Waals surface area contributed by atoms with Crippen molar-refractivity contribution in [2.45, 2.75) is 19.0 Å². The largest absolute Gasteiger partial charge is 0.334 e. The molecule has 0 bridgehead atoms. The van der Waals surface area contributed by atoms with Crippen LogP contribution in [-0.2, 0) is 4.79 Å². The number of nitrogens with two attached hydrogens (primary N) is 1. The molecule has 0 saturated heterocycles. The van der Waals surface area contributed by atoms with Crippen molar-refractivity contribution < 1.29 is 13.6 Å². The molecular formula is C15H15F2N7OS. The lowest BCUT2D eigenvalue weighted by Gasteiger charge is -2.06. The Kier molecular flexibility index (Phi) is 4.89. The summed E-state index contributed by atoms with van der Waals surface area (Å²) in [5.41, 5.74) is 1.68. The maximum Gasteiger partial charge on any atom is 0.271 e. The van der Waals surface area contributed by atoms with Crippen molar-refractivity contribution in [3.05, 3.63) is 47.3 Å². The Labute approximate surface area is 151 Å². The first-order valence-corrected chi connectivity index (χ1v) is 8.45. The second kappa shape index (κ2) is 7.12. The number of thioether (sulfide) groups is 1. The maximum atomic E-state index is 13.1. The minimum atomic E-state index is -0.774. The van der Waals surface area contributed by atoms with Crippen molar-refractivity contribution in [1.82, 2.24) is 24.7 Å². The van der Waals surface area contributed by atoms with Gasteiger partial charge in [-0.05, 0) is 32.0 Å². The molecule has 136 valence electrons. The number of nitrogen functional groups attached to an aromatic ring is 1. The summed E-state index contributed by atoms with van der Waals surface area (Å²) in [6.45, 7) is 3.70. The van der Waals surface area contributed by atoms with E-state index in [1.165, 1.54) is 4.68 Å². The number of anilines is 1. The lowest BCUT2D eigenvalue weighted by molar-refractivity contribution is -0.113. The first-order chi connectivity index (χ1) is 12.3. The monoisotopic (exact) mass is 379 g/mol. The highest BCUT2D eigenvalue weighted by atomic mass is 32.2. The van der Waals surface area contributed by atoms with E-state index >= 15 is 0 Å². The standard InChI is InChI=1S/C15H15F2N7OS/c1-8-3-9(2)24(22-8)14-20-21-15(23(14)18)26-7-13(25)19-12-5-10(16)4-11(17)6-12/h3-6H,7,18H2,1-2H3,(H,19,25). The van der Waals surface area contributed by atoms with E-state index in [2.05, 4.69) is 20.6 Å². The third kappa shape index (κ3) is 3.82. The van der Waals surface area contributed by atoms with E-state index in [1.54, 1.807) is 4.68 Å². The molecule has 0 aliphatic rings. The number of aryl methyl sites for hydroxylation is 2. The Morgan fingerprint density at radius 3 is 2.50 bits per heavy atom. The highest BCUT2D eigenvalue weighted by Crippen LogP contribution is 2.18. The summed E-state index contributed by atoms with van der Waals surface area (Å²) in [6, 6.07) is 4.64. The van der Waals surface area contributed by atoms with Gasteiger partial charge in [-0.15, -0.1) is 10.2 Å². The molecule has 11 heteroatoms. The number of carbonyl (C=O) groups is 1. The molecule has 0 radical (unpaired) electrons. The molecule has 3 N–H and O–H groups in total. The van der Waals surface area contributed by atoms with Gasteiger partial charge < -0.3 is 11.2 Å². The van der Waals surface area contributed by atoms with E-state index in [9.17, 15) is 13.6 Å². The van der Waals surface area contributed by atoms with Crippen molar-refractivity contribution >= 4 is 23.4 Å². The molecular weight excluding hydrogens is 364 g/mol. The van der Waals surface area contributed by atoms with Gasteiger partial charge in [-0.2, -0.15) is 5.10 Å². The highest BCUT2D eigenvalue weighted by Gasteiger charge is 2.16. The van der Waals surface area contributed by atoms with Crippen molar-refractivity contribution in [3.8, 4) is 5.95 Å². The average molecular weight is 379 g/mol. The zero-order chi connectivity index (χ0) is 18.8. The van der Waals surface area contributed by atoms with Gasteiger partial charge in [0.05, 0.1) is 11.4 Å². The molecule has 3 aromatic rings. The fourth-order valence-electron chi connectivity index (χ4n) is 2.30. The van der Waals surface area contributed by atoms with E-state index in [-0.39, 0.29) is 11.4 Å².